The van der Waals surface area contributed by atoms with Crippen molar-refractivity contribution < 1.29 is 34.2 Å². The van der Waals surface area contributed by atoms with Crippen LogP contribution in [0.2, 0.25) is 0 Å². The number of hydrogen-bond acceptors (Lipinski definition) is 2. The zero-order valence-corrected chi connectivity index (χ0v) is 7.26. The second-order valence-electron chi connectivity index (χ2n) is 1.37. The van der Waals surface area contributed by atoms with Crippen molar-refractivity contribution >= 4 is 10.1 Å². The van der Waals surface area contributed by atoms with E-state index in [1.165, 1.54) is 6.08 Å². The molecule has 0 aromatic heterocycles. The van der Waals surface area contributed by atoms with Gasteiger partial charge in [0.05, 0.1) is 0 Å². The molecule has 0 bridgehead atoms. The van der Waals surface area contributed by atoms with Gasteiger partial charge >= 0.3 is 63.4 Å². The molecule has 0 saturated carbocycles. The molecular weight excluding hydrogens is 255 g/mol. The Morgan fingerprint density at radius 2 is 2.22 bits per heavy atom. The van der Waals surface area contributed by atoms with Crippen LogP contribution in [-0.4, -0.2) is 13.0 Å². The molecule has 1 rings (SSSR count). The first-order valence-corrected chi connectivity index (χ1v) is 5.85. The van der Waals surface area contributed by atoms with Crippen molar-refractivity contribution in [2.75, 3.05) is 0 Å². The SMILES string of the molecule is O=S(=O)(O)C1=CC=C[I-]1. The van der Waals surface area contributed by atoms with Crippen LogP contribution in [0.1, 0.15) is 0 Å². The summed E-state index contributed by atoms with van der Waals surface area (Å²) < 4.78 is 31.0. The quantitative estimate of drug-likeness (QED) is 0.413. The predicted octanol–water partition coefficient (Wildman–Crippen LogP) is -2.67. The molecule has 3 nitrogen and oxygen atoms in total. The van der Waals surface area contributed by atoms with Crippen molar-refractivity contribution in [2.24, 2.45) is 0 Å². The van der Waals surface area contributed by atoms with Gasteiger partial charge in [-0.1, -0.05) is 0 Å². The van der Waals surface area contributed by atoms with E-state index in [-0.39, 0.29) is 2.91 Å². The third kappa shape index (κ3) is 1.77. The fourth-order valence-corrected chi connectivity index (χ4v) is 3.25. The third-order valence-electron chi connectivity index (χ3n) is 0.717. The fourth-order valence-electron chi connectivity index (χ4n) is 0.389. The van der Waals surface area contributed by atoms with Crippen molar-refractivity contribution in [1.29, 1.82) is 0 Å². The molecule has 0 aromatic carbocycles. The van der Waals surface area contributed by atoms with Gasteiger partial charge in [-0.15, -0.1) is 0 Å². The Kier molecular flexibility index (Phi) is 1.92. The Labute approximate surface area is 63.5 Å². The zero-order chi connectivity index (χ0) is 6.91. The first kappa shape index (κ1) is 7.23. The van der Waals surface area contributed by atoms with Crippen LogP contribution in [0.4, 0.5) is 0 Å². The Morgan fingerprint density at radius 3 is 2.44 bits per heavy atom. The predicted molar refractivity (Wildman–Crippen MR) is 28.8 cm³/mol. The first-order valence-electron chi connectivity index (χ1n) is 2.08. The molecule has 0 aliphatic carbocycles. The van der Waals surface area contributed by atoms with Crippen LogP contribution in [0.5, 0.6) is 0 Å². The summed E-state index contributed by atoms with van der Waals surface area (Å²) in [5.41, 5.74) is 0. The normalized spacial score (nSPS) is 19.0. The Hall–Kier alpha value is 0.120. The summed E-state index contributed by atoms with van der Waals surface area (Å²) in [6.45, 7) is 0. The second-order valence-corrected chi connectivity index (χ2v) is 6.00. The van der Waals surface area contributed by atoms with Crippen molar-refractivity contribution in [3.63, 3.8) is 0 Å². The maximum atomic E-state index is 10.3. The van der Waals surface area contributed by atoms with E-state index in [2.05, 4.69) is 0 Å². The average Bonchev–Trinajstić information content (AvgIpc) is 2.08. The van der Waals surface area contributed by atoms with Gasteiger partial charge in [0.15, 0.2) is 0 Å². The van der Waals surface area contributed by atoms with Gasteiger partial charge in [-0.05, 0) is 0 Å². The molecule has 52 valence electrons. The number of halogens is 1. The van der Waals surface area contributed by atoms with Crippen LogP contribution >= 0.6 is 0 Å². The molecule has 1 N–H and O–H groups in total. The second kappa shape index (κ2) is 2.39. The van der Waals surface area contributed by atoms with Crippen LogP contribution in [0.15, 0.2) is 19.1 Å². The number of hydrogen-bond donors (Lipinski definition) is 1. The molecule has 1 aliphatic rings. The van der Waals surface area contributed by atoms with E-state index in [0.29, 0.717) is 0 Å². The zero-order valence-electron chi connectivity index (χ0n) is 4.28. The molecule has 9 heavy (non-hydrogen) atoms. The van der Waals surface area contributed by atoms with Crippen molar-refractivity contribution in [1.82, 2.24) is 0 Å². The maximum absolute atomic E-state index is 10.3. The molecule has 5 heteroatoms. The first-order chi connectivity index (χ1) is 4.11. The summed E-state index contributed by atoms with van der Waals surface area (Å²) >= 11 is -0.571. The summed E-state index contributed by atoms with van der Waals surface area (Å²) in [6.07, 6.45) is 3.08. The molecule has 0 atom stereocenters. The fraction of sp³-hybridized carbons (Fsp3) is 0. The molecule has 0 amide bonds. The van der Waals surface area contributed by atoms with E-state index in [0.717, 1.165) is 0 Å². The third-order valence-corrected chi connectivity index (χ3v) is 5.36. The molecule has 0 aromatic rings. The number of rotatable bonds is 1. The summed E-state index contributed by atoms with van der Waals surface area (Å²) in [5.74, 6) is 0. The molecule has 0 spiro atoms. The number of allylic oxidation sites excluding steroid dienone is 2. The van der Waals surface area contributed by atoms with E-state index < -0.39 is 31.3 Å². The Bertz CT molecular complexity index is 262. The van der Waals surface area contributed by atoms with E-state index in [4.69, 9.17) is 4.55 Å². The van der Waals surface area contributed by atoms with Gasteiger partial charge in [-0.25, -0.2) is 0 Å². The minimum absolute atomic E-state index is 0.182. The molecule has 1 heterocycles. The van der Waals surface area contributed by atoms with Crippen LogP contribution < -0.4 is 21.2 Å². The molecule has 0 fully saturated rings. The molecular formula is C4H4IO3S-. The standard InChI is InChI=1S/C4H4IO3S/c6-9(7,8)4-2-1-3-5-4/h1-3H,(H,6,7,8)/q-1. The van der Waals surface area contributed by atoms with Crippen LogP contribution in [-0.2, 0) is 10.1 Å². The van der Waals surface area contributed by atoms with Crippen molar-refractivity contribution in [2.45, 2.75) is 0 Å². The summed E-state index contributed by atoms with van der Waals surface area (Å²) in [6, 6.07) is 0. The monoisotopic (exact) mass is 259 g/mol. The van der Waals surface area contributed by atoms with Gasteiger partial charge < -0.3 is 0 Å². The van der Waals surface area contributed by atoms with Gasteiger partial charge in [-0.2, -0.15) is 0 Å². The van der Waals surface area contributed by atoms with Gasteiger partial charge in [0.2, 0.25) is 0 Å². The topological polar surface area (TPSA) is 54.4 Å². The molecule has 1 aliphatic heterocycles. The Morgan fingerprint density at radius 1 is 1.56 bits per heavy atom. The van der Waals surface area contributed by atoms with E-state index in [1.807, 2.05) is 0 Å². The van der Waals surface area contributed by atoms with Crippen LogP contribution in [0.3, 0.4) is 0 Å². The van der Waals surface area contributed by atoms with E-state index in [1.54, 1.807) is 10.2 Å². The average molecular weight is 259 g/mol. The van der Waals surface area contributed by atoms with E-state index >= 15 is 0 Å². The summed E-state index contributed by atoms with van der Waals surface area (Å²) in [5, 5.41) is 0. The van der Waals surface area contributed by atoms with Crippen LogP contribution in [0.25, 0.3) is 0 Å². The van der Waals surface area contributed by atoms with Crippen molar-refractivity contribution in [3.8, 4) is 0 Å². The molecule has 0 unspecified atom stereocenters. The summed E-state index contributed by atoms with van der Waals surface area (Å²) in [4.78, 5) is 0. The van der Waals surface area contributed by atoms with Gasteiger partial charge in [-0.3, -0.25) is 0 Å². The van der Waals surface area contributed by atoms with Gasteiger partial charge in [0.1, 0.15) is 0 Å². The Balaban J connectivity index is 2.92. The van der Waals surface area contributed by atoms with Crippen LogP contribution in [0, 0.1) is 0 Å². The molecule has 0 radical (unpaired) electrons. The van der Waals surface area contributed by atoms with Gasteiger partial charge in [0, 0.05) is 0 Å². The minimum atomic E-state index is -3.86. The van der Waals surface area contributed by atoms with Crippen molar-refractivity contribution in [3.05, 3.63) is 19.1 Å². The summed E-state index contributed by atoms with van der Waals surface area (Å²) in [7, 11) is -3.86. The van der Waals surface area contributed by atoms with E-state index in [9.17, 15) is 8.42 Å². The molecule has 0 saturated heterocycles. The van der Waals surface area contributed by atoms with Gasteiger partial charge in [0.25, 0.3) is 0 Å².